The van der Waals surface area contributed by atoms with Crippen molar-refractivity contribution in [2.45, 2.75) is 0 Å². The second-order valence-corrected chi connectivity index (χ2v) is 23.8. The minimum Gasteiger partial charge on any atom is -0.309 e. The lowest BCUT2D eigenvalue weighted by molar-refractivity contribution is 1.13. The van der Waals surface area contributed by atoms with Crippen molar-refractivity contribution in [3.05, 3.63) is 297 Å². The zero-order chi connectivity index (χ0) is 50.2. The molecule has 15 rings (SSSR count). The van der Waals surface area contributed by atoms with Crippen molar-refractivity contribution in [3.63, 3.8) is 0 Å². The number of hydrogen-bond acceptors (Lipinski definition) is 0. The Bertz CT molecular complexity index is 4530. The van der Waals surface area contributed by atoms with E-state index in [0.29, 0.717) is 0 Å². The summed E-state index contributed by atoms with van der Waals surface area (Å²) in [6.45, 7) is 0. The SMILES string of the molecule is c1ccc(-c2ccc([Si](c3ccccc3)(c3ccccc3)c3cccc(-c4cc(-n5c6ccccc6c6ccccc65)cc(-n5c6ccccc6c6cc(-n7c8ccccc8c8ccccc87)ccc65)c4)c3)cc2)cc1. The van der Waals surface area contributed by atoms with Crippen LogP contribution < -0.4 is 20.7 Å². The van der Waals surface area contributed by atoms with Gasteiger partial charge in [0.2, 0.25) is 0 Å². The predicted octanol–water partition coefficient (Wildman–Crippen LogP) is 15.7. The third-order valence-electron chi connectivity index (χ3n) is 16.0. The average Bonchev–Trinajstić information content (AvgIpc) is 4.16. The van der Waals surface area contributed by atoms with Crippen molar-refractivity contribution >= 4 is 94.2 Å². The second kappa shape index (κ2) is 17.7. The van der Waals surface area contributed by atoms with Gasteiger partial charge in [0.05, 0.1) is 33.1 Å². The summed E-state index contributed by atoms with van der Waals surface area (Å²) < 4.78 is 7.39. The molecule has 0 saturated carbocycles. The van der Waals surface area contributed by atoms with E-state index in [1.165, 1.54) is 91.8 Å². The standard InChI is InChI=1S/C72H49N3Si/c1-4-21-50(22-5-1)51-39-42-59(43-40-51)76(57-24-6-2-7-25-57,58-26-8-3-9-27-58)60-28-20-23-52(47-60)53-45-55(74-69-36-17-12-31-63(69)64-32-13-18-37-70(64)74)48-56(46-53)75-71-38-19-14-33-65(71)66-49-54(41-44-72(66)75)73-67-34-15-10-29-61(67)62-30-11-16-35-68(62)73/h1-49H. The molecule has 0 fully saturated rings. The molecular weight excluding hydrogens is 935 g/mol. The molecule has 0 atom stereocenters. The Morgan fingerprint density at radius 3 is 1.03 bits per heavy atom. The van der Waals surface area contributed by atoms with E-state index in [2.05, 4.69) is 311 Å². The highest BCUT2D eigenvalue weighted by Crippen LogP contribution is 2.40. The van der Waals surface area contributed by atoms with E-state index in [1.54, 1.807) is 0 Å². The number of hydrogen-bond donors (Lipinski definition) is 0. The molecule has 0 saturated heterocycles. The van der Waals surface area contributed by atoms with Gasteiger partial charge in [0.1, 0.15) is 0 Å². The highest BCUT2D eigenvalue weighted by atomic mass is 28.3. The van der Waals surface area contributed by atoms with Crippen LogP contribution in [0.15, 0.2) is 297 Å². The third kappa shape index (κ3) is 6.81. The molecule has 0 N–H and O–H groups in total. The first-order valence-corrected chi connectivity index (χ1v) is 28.2. The van der Waals surface area contributed by atoms with Crippen LogP contribution in [-0.2, 0) is 0 Å². The van der Waals surface area contributed by atoms with Crippen LogP contribution in [0.25, 0.3) is 105 Å². The van der Waals surface area contributed by atoms with Gasteiger partial charge in [0, 0.05) is 49.4 Å². The van der Waals surface area contributed by atoms with Crippen LogP contribution in [0.5, 0.6) is 0 Å². The molecule has 12 aromatic carbocycles. The van der Waals surface area contributed by atoms with Gasteiger partial charge in [-0.2, -0.15) is 0 Å². The molecule has 3 heterocycles. The first kappa shape index (κ1) is 43.8. The lowest BCUT2D eigenvalue weighted by atomic mass is 10.0. The summed E-state index contributed by atoms with van der Waals surface area (Å²) >= 11 is 0. The van der Waals surface area contributed by atoms with Gasteiger partial charge in [-0.15, -0.1) is 0 Å². The van der Waals surface area contributed by atoms with Gasteiger partial charge >= 0.3 is 0 Å². The lowest BCUT2D eigenvalue weighted by Gasteiger charge is -2.35. The van der Waals surface area contributed by atoms with Crippen LogP contribution in [0.1, 0.15) is 0 Å². The molecule has 0 bridgehead atoms. The quantitative estimate of drug-likeness (QED) is 0.101. The lowest BCUT2D eigenvalue weighted by Crippen LogP contribution is -2.74. The maximum Gasteiger partial charge on any atom is 0.179 e. The fourth-order valence-corrected chi connectivity index (χ4v) is 17.4. The Balaban J connectivity index is 0.984. The summed E-state index contributed by atoms with van der Waals surface area (Å²) in [6.07, 6.45) is 0. The fraction of sp³-hybridized carbons (Fsp3) is 0. The highest BCUT2D eigenvalue weighted by molar-refractivity contribution is 7.20. The molecule has 3 nitrogen and oxygen atoms in total. The highest BCUT2D eigenvalue weighted by Gasteiger charge is 2.41. The van der Waals surface area contributed by atoms with Gasteiger partial charge < -0.3 is 13.7 Å². The molecule has 4 heteroatoms. The van der Waals surface area contributed by atoms with E-state index in [9.17, 15) is 0 Å². The molecule has 0 radical (unpaired) electrons. The minimum atomic E-state index is -2.94. The van der Waals surface area contributed by atoms with Crippen LogP contribution in [0.3, 0.4) is 0 Å². The van der Waals surface area contributed by atoms with E-state index in [1.807, 2.05) is 0 Å². The minimum absolute atomic E-state index is 1.10. The summed E-state index contributed by atoms with van der Waals surface area (Å²) in [5.74, 6) is 0. The molecule has 0 spiro atoms. The summed E-state index contributed by atoms with van der Waals surface area (Å²) in [7, 11) is -2.94. The van der Waals surface area contributed by atoms with E-state index in [0.717, 1.165) is 33.7 Å². The van der Waals surface area contributed by atoms with Crippen LogP contribution in [0, 0.1) is 0 Å². The number of aromatic nitrogens is 3. The summed E-state index contributed by atoms with van der Waals surface area (Å²) in [4.78, 5) is 0. The van der Waals surface area contributed by atoms with Crippen LogP contribution >= 0.6 is 0 Å². The Hall–Kier alpha value is -9.74. The zero-order valence-electron chi connectivity index (χ0n) is 41.6. The molecule has 356 valence electrons. The summed E-state index contributed by atoms with van der Waals surface area (Å²) in [5.41, 5.74) is 15.2. The first-order valence-electron chi connectivity index (χ1n) is 26.2. The molecule has 0 aliphatic rings. The van der Waals surface area contributed by atoms with Gasteiger partial charge in [-0.3, -0.25) is 0 Å². The normalized spacial score (nSPS) is 11.9. The molecule has 0 aliphatic carbocycles. The third-order valence-corrected chi connectivity index (χ3v) is 20.7. The van der Waals surface area contributed by atoms with Crippen LogP contribution in [0.2, 0.25) is 0 Å². The molecule has 3 aromatic heterocycles. The molecular formula is C72H49N3Si. The van der Waals surface area contributed by atoms with Crippen molar-refractivity contribution in [1.82, 2.24) is 13.7 Å². The van der Waals surface area contributed by atoms with Gasteiger partial charge in [-0.25, -0.2) is 0 Å². The Morgan fingerprint density at radius 2 is 0.539 bits per heavy atom. The van der Waals surface area contributed by atoms with Crippen molar-refractivity contribution in [2.24, 2.45) is 0 Å². The van der Waals surface area contributed by atoms with Crippen molar-refractivity contribution in [3.8, 4) is 39.3 Å². The number of para-hydroxylation sites is 5. The van der Waals surface area contributed by atoms with Crippen molar-refractivity contribution in [1.29, 1.82) is 0 Å². The summed E-state index contributed by atoms with van der Waals surface area (Å²) in [6, 6.07) is 111. The van der Waals surface area contributed by atoms with E-state index in [-0.39, 0.29) is 0 Å². The monoisotopic (exact) mass is 983 g/mol. The van der Waals surface area contributed by atoms with Gasteiger partial charge in [0.25, 0.3) is 0 Å². The van der Waals surface area contributed by atoms with E-state index < -0.39 is 8.07 Å². The number of nitrogens with zero attached hydrogens (tertiary/aromatic N) is 3. The molecule has 0 unspecified atom stereocenters. The van der Waals surface area contributed by atoms with E-state index in [4.69, 9.17) is 0 Å². The average molecular weight is 984 g/mol. The largest absolute Gasteiger partial charge is 0.309 e. The smallest absolute Gasteiger partial charge is 0.179 e. The second-order valence-electron chi connectivity index (χ2n) is 20.0. The Labute approximate surface area is 442 Å². The van der Waals surface area contributed by atoms with Crippen molar-refractivity contribution in [2.75, 3.05) is 0 Å². The van der Waals surface area contributed by atoms with Gasteiger partial charge in [-0.05, 0) is 110 Å². The first-order chi connectivity index (χ1) is 37.7. The molecule has 76 heavy (non-hydrogen) atoms. The molecule has 15 aromatic rings. The van der Waals surface area contributed by atoms with Crippen LogP contribution in [-0.4, -0.2) is 21.8 Å². The topological polar surface area (TPSA) is 14.8 Å². The van der Waals surface area contributed by atoms with Gasteiger partial charge in [-0.1, -0.05) is 231 Å². The number of rotatable bonds is 9. The van der Waals surface area contributed by atoms with E-state index >= 15 is 0 Å². The molecule has 0 aliphatic heterocycles. The van der Waals surface area contributed by atoms with Crippen LogP contribution in [0.4, 0.5) is 0 Å². The maximum absolute atomic E-state index is 2.94. The molecule has 0 amide bonds. The summed E-state index contributed by atoms with van der Waals surface area (Å²) in [5, 5.41) is 12.8. The van der Waals surface area contributed by atoms with Crippen molar-refractivity contribution < 1.29 is 0 Å². The maximum atomic E-state index is 2.51. The predicted molar refractivity (Wildman–Crippen MR) is 324 cm³/mol. The fourth-order valence-electron chi connectivity index (χ4n) is 12.7. The van der Waals surface area contributed by atoms with Gasteiger partial charge in [0.15, 0.2) is 8.07 Å². The number of fused-ring (bicyclic) bond motifs is 9. The zero-order valence-corrected chi connectivity index (χ0v) is 42.6. The Kier molecular flexibility index (Phi) is 10.2. The number of benzene rings is 12. The Morgan fingerprint density at radius 1 is 0.184 bits per heavy atom.